The number of carbonyl (C=O) groups excluding carboxylic acids is 1. The van der Waals surface area contributed by atoms with Gasteiger partial charge < -0.3 is 5.32 Å². The quantitative estimate of drug-likeness (QED) is 0.380. The number of Topliss-reactive ketones (excluding diaryl/α,β-unsaturated/α-hetero) is 1. The highest BCUT2D eigenvalue weighted by Crippen LogP contribution is 2.27. The Morgan fingerprint density at radius 2 is 1.66 bits per heavy atom. The summed E-state index contributed by atoms with van der Waals surface area (Å²) in [6.45, 7) is 2.03. The van der Waals surface area contributed by atoms with Gasteiger partial charge in [-0.1, -0.05) is 91.0 Å². The lowest BCUT2D eigenvalue weighted by Crippen LogP contribution is -2.48. The van der Waals surface area contributed by atoms with Crippen molar-refractivity contribution < 1.29 is 13.6 Å². The molecule has 1 unspecified atom stereocenters. The van der Waals surface area contributed by atoms with Crippen LogP contribution in [0.15, 0.2) is 97.1 Å². The minimum absolute atomic E-state index is 0.000329. The number of carbonyl (C=O) groups is 1. The molecular formula is C25H23F2NO. The van der Waals surface area contributed by atoms with Crippen LogP contribution in [-0.4, -0.2) is 17.7 Å². The summed E-state index contributed by atoms with van der Waals surface area (Å²) in [5.74, 6) is -4.80. The van der Waals surface area contributed by atoms with Gasteiger partial charge in [-0.2, -0.15) is 8.78 Å². The van der Waals surface area contributed by atoms with Gasteiger partial charge in [0.25, 0.3) is 0 Å². The highest BCUT2D eigenvalue weighted by atomic mass is 19.3. The van der Waals surface area contributed by atoms with Crippen LogP contribution in [0.2, 0.25) is 0 Å². The summed E-state index contributed by atoms with van der Waals surface area (Å²) in [5.41, 5.74) is 0.866. The van der Waals surface area contributed by atoms with Crippen LogP contribution in [0.4, 0.5) is 8.78 Å². The minimum Gasteiger partial charge on any atom is -0.301 e. The van der Waals surface area contributed by atoms with Crippen LogP contribution in [0.25, 0.3) is 10.8 Å². The van der Waals surface area contributed by atoms with Gasteiger partial charge in [0.05, 0.1) is 6.04 Å². The average molecular weight is 391 g/mol. The summed E-state index contributed by atoms with van der Waals surface area (Å²) >= 11 is 0. The van der Waals surface area contributed by atoms with Crippen molar-refractivity contribution in [1.29, 1.82) is 0 Å². The van der Waals surface area contributed by atoms with Crippen molar-refractivity contribution in [2.75, 3.05) is 0 Å². The molecule has 0 fully saturated rings. The third-order valence-corrected chi connectivity index (χ3v) is 4.68. The number of alkyl halides is 2. The van der Waals surface area contributed by atoms with E-state index >= 15 is 8.78 Å². The molecule has 0 saturated carbocycles. The number of allylic oxidation sites excluding steroid dienone is 3. The van der Waals surface area contributed by atoms with Gasteiger partial charge in [-0.15, -0.1) is 0 Å². The molecule has 0 spiro atoms. The van der Waals surface area contributed by atoms with Gasteiger partial charge in [0, 0.05) is 12.1 Å². The maximum absolute atomic E-state index is 15.2. The Morgan fingerprint density at radius 1 is 0.966 bits per heavy atom. The van der Waals surface area contributed by atoms with E-state index in [1.54, 1.807) is 31.2 Å². The van der Waals surface area contributed by atoms with Gasteiger partial charge in [-0.3, -0.25) is 4.79 Å². The first kappa shape index (κ1) is 20.6. The lowest BCUT2D eigenvalue weighted by Gasteiger charge is -2.24. The van der Waals surface area contributed by atoms with Crippen LogP contribution in [0, 0.1) is 0 Å². The number of fused-ring (bicyclic) bond motifs is 1. The molecule has 0 aromatic heterocycles. The summed E-state index contributed by atoms with van der Waals surface area (Å²) in [6, 6.07) is 19.9. The van der Waals surface area contributed by atoms with E-state index in [0.29, 0.717) is 0 Å². The molecular weight excluding hydrogens is 368 g/mol. The molecule has 29 heavy (non-hydrogen) atoms. The largest absolute Gasteiger partial charge is 0.328 e. The van der Waals surface area contributed by atoms with Gasteiger partial charge in [0.2, 0.25) is 5.78 Å². The van der Waals surface area contributed by atoms with Gasteiger partial charge in [-0.25, -0.2) is 0 Å². The molecule has 3 aromatic carbocycles. The van der Waals surface area contributed by atoms with Gasteiger partial charge >= 0.3 is 5.92 Å². The van der Waals surface area contributed by atoms with Crippen LogP contribution >= 0.6 is 0 Å². The van der Waals surface area contributed by atoms with Crippen molar-refractivity contribution >= 4 is 16.6 Å². The van der Waals surface area contributed by atoms with Crippen LogP contribution in [0.3, 0.4) is 0 Å². The predicted molar refractivity (Wildman–Crippen MR) is 114 cm³/mol. The van der Waals surface area contributed by atoms with Crippen LogP contribution in [0.5, 0.6) is 0 Å². The first-order valence-electron chi connectivity index (χ1n) is 9.50. The monoisotopic (exact) mass is 391 g/mol. The third-order valence-electron chi connectivity index (χ3n) is 4.68. The Balaban J connectivity index is 1.87. The summed E-state index contributed by atoms with van der Waals surface area (Å²) in [5, 5.41) is 4.49. The van der Waals surface area contributed by atoms with E-state index in [0.717, 1.165) is 16.3 Å². The lowest BCUT2D eigenvalue weighted by atomic mass is 9.96. The van der Waals surface area contributed by atoms with Crippen LogP contribution in [-0.2, 0) is 6.54 Å². The fourth-order valence-electron chi connectivity index (χ4n) is 3.09. The SMILES string of the molecule is C/C=C/C=C/C(NCc1ccccc1)C(F)(F)C(=O)c1ccc2ccccc2c1. The number of hydrogen-bond donors (Lipinski definition) is 1. The summed E-state index contributed by atoms with van der Waals surface area (Å²) in [7, 11) is 0. The molecule has 0 heterocycles. The molecule has 0 aliphatic heterocycles. The van der Waals surface area contributed by atoms with Crippen LogP contribution in [0.1, 0.15) is 22.8 Å². The molecule has 0 amide bonds. The van der Waals surface area contributed by atoms with E-state index in [1.807, 2.05) is 48.5 Å². The molecule has 148 valence electrons. The van der Waals surface area contributed by atoms with Crippen LogP contribution < -0.4 is 5.32 Å². The Bertz CT molecular complexity index is 1030. The maximum Gasteiger partial charge on any atom is 0.328 e. The first-order chi connectivity index (χ1) is 14.0. The molecule has 3 rings (SSSR count). The molecule has 1 atom stereocenters. The zero-order valence-corrected chi connectivity index (χ0v) is 16.2. The topological polar surface area (TPSA) is 29.1 Å². The van der Waals surface area contributed by atoms with Crippen molar-refractivity contribution in [1.82, 2.24) is 5.32 Å². The predicted octanol–water partition coefficient (Wildman–Crippen LogP) is 5.95. The van der Waals surface area contributed by atoms with Crippen molar-refractivity contribution in [3.63, 3.8) is 0 Å². The summed E-state index contributed by atoms with van der Waals surface area (Å²) in [6.07, 6.45) is 6.27. The number of halogens is 2. The van der Waals surface area contributed by atoms with Gasteiger partial charge in [0.1, 0.15) is 0 Å². The van der Waals surface area contributed by atoms with E-state index < -0.39 is 17.7 Å². The molecule has 0 radical (unpaired) electrons. The van der Waals surface area contributed by atoms with Crippen molar-refractivity contribution in [3.8, 4) is 0 Å². The standard InChI is InChI=1S/C25H23F2NO/c1-2-3-5-14-23(28-18-19-10-6-4-7-11-19)25(26,27)24(29)22-16-15-20-12-8-9-13-21(20)17-22/h2-17,23,28H,18H2,1H3/b3-2+,14-5+. The average Bonchev–Trinajstić information content (AvgIpc) is 2.75. The molecule has 0 aliphatic carbocycles. The zero-order valence-electron chi connectivity index (χ0n) is 16.2. The van der Waals surface area contributed by atoms with Crippen molar-refractivity contribution in [2.24, 2.45) is 0 Å². The maximum atomic E-state index is 15.2. The smallest absolute Gasteiger partial charge is 0.301 e. The number of ketones is 1. The Kier molecular flexibility index (Phi) is 6.68. The Morgan fingerprint density at radius 3 is 2.38 bits per heavy atom. The lowest BCUT2D eigenvalue weighted by molar-refractivity contribution is -0.00506. The number of hydrogen-bond acceptors (Lipinski definition) is 2. The van der Waals surface area contributed by atoms with E-state index in [9.17, 15) is 4.79 Å². The second-order valence-electron chi connectivity index (χ2n) is 6.77. The molecule has 0 bridgehead atoms. The summed E-state index contributed by atoms with van der Waals surface area (Å²) < 4.78 is 30.4. The Hall–Kier alpha value is -3.11. The van der Waals surface area contributed by atoms with Crippen molar-refractivity contribution in [3.05, 3.63) is 108 Å². The molecule has 4 heteroatoms. The second kappa shape index (κ2) is 9.39. The fourth-order valence-corrected chi connectivity index (χ4v) is 3.09. The molecule has 2 nitrogen and oxygen atoms in total. The van der Waals surface area contributed by atoms with Gasteiger partial charge in [-0.05, 0) is 29.3 Å². The third kappa shape index (κ3) is 5.04. The Labute approximate surface area is 169 Å². The first-order valence-corrected chi connectivity index (χ1v) is 9.50. The molecule has 3 aromatic rings. The molecule has 1 N–H and O–H groups in total. The normalized spacial score (nSPS) is 13.3. The molecule has 0 saturated heterocycles. The minimum atomic E-state index is -3.60. The summed E-state index contributed by atoms with van der Waals surface area (Å²) in [4.78, 5) is 12.8. The second-order valence-corrected chi connectivity index (χ2v) is 6.77. The number of rotatable bonds is 8. The highest BCUT2D eigenvalue weighted by Gasteiger charge is 2.46. The molecule has 0 aliphatic rings. The van der Waals surface area contributed by atoms with E-state index in [2.05, 4.69) is 5.32 Å². The number of benzene rings is 3. The van der Waals surface area contributed by atoms with Gasteiger partial charge in [0.15, 0.2) is 0 Å². The highest BCUT2D eigenvalue weighted by molar-refractivity contribution is 6.04. The zero-order chi connectivity index (χ0) is 20.7. The van der Waals surface area contributed by atoms with E-state index in [4.69, 9.17) is 0 Å². The van der Waals surface area contributed by atoms with E-state index in [-0.39, 0.29) is 12.1 Å². The van der Waals surface area contributed by atoms with Crippen molar-refractivity contribution in [2.45, 2.75) is 25.4 Å². The fraction of sp³-hybridized carbons (Fsp3) is 0.160. The van der Waals surface area contributed by atoms with E-state index in [1.165, 1.54) is 24.3 Å². The number of nitrogens with one attached hydrogen (secondary N) is 1.